The summed E-state index contributed by atoms with van der Waals surface area (Å²) >= 11 is 0. The number of nitrogens with zero attached hydrogens (tertiary/aromatic N) is 2. The van der Waals surface area contributed by atoms with Gasteiger partial charge in [0.05, 0.1) is 18.9 Å². The van der Waals surface area contributed by atoms with Crippen molar-refractivity contribution in [3.63, 3.8) is 0 Å². The second kappa shape index (κ2) is 7.94. The van der Waals surface area contributed by atoms with Crippen molar-refractivity contribution in [3.05, 3.63) is 36.0 Å². The molecule has 1 aromatic carbocycles. The van der Waals surface area contributed by atoms with Gasteiger partial charge in [-0.2, -0.15) is 0 Å². The third kappa shape index (κ3) is 4.24. The van der Waals surface area contributed by atoms with Crippen LogP contribution < -0.4 is 10.1 Å². The lowest BCUT2D eigenvalue weighted by Crippen LogP contribution is -2.15. The smallest absolute Gasteiger partial charge is 0.339 e. The van der Waals surface area contributed by atoms with Crippen LogP contribution in [0.25, 0.3) is 11.3 Å². The minimum Gasteiger partial charge on any atom is -0.493 e. The van der Waals surface area contributed by atoms with E-state index in [1.807, 2.05) is 6.92 Å². The van der Waals surface area contributed by atoms with Crippen LogP contribution in [-0.4, -0.2) is 47.4 Å². The van der Waals surface area contributed by atoms with Gasteiger partial charge in [-0.25, -0.2) is 14.8 Å². The number of benzene rings is 1. The summed E-state index contributed by atoms with van der Waals surface area (Å²) in [5, 5.41) is 12.6. The Morgan fingerprint density at radius 3 is 3.04 bits per heavy atom. The Kier molecular flexibility index (Phi) is 5.45. The minimum absolute atomic E-state index is 0.121. The van der Waals surface area contributed by atoms with Gasteiger partial charge in [-0.1, -0.05) is 0 Å². The molecule has 2 N–H and O–H groups in total. The molecule has 0 amide bonds. The van der Waals surface area contributed by atoms with Crippen LogP contribution in [0.3, 0.4) is 0 Å². The second-order valence-corrected chi connectivity index (χ2v) is 5.83. The zero-order valence-electron chi connectivity index (χ0n) is 14.1. The third-order valence-corrected chi connectivity index (χ3v) is 4.03. The van der Waals surface area contributed by atoms with E-state index in [4.69, 9.17) is 9.47 Å². The van der Waals surface area contributed by atoms with Crippen molar-refractivity contribution in [2.45, 2.75) is 13.3 Å². The molecule has 0 saturated carbocycles. The van der Waals surface area contributed by atoms with E-state index in [1.165, 1.54) is 0 Å². The maximum Gasteiger partial charge on any atom is 0.339 e. The summed E-state index contributed by atoms with van der Waals surface area (Å²) in [7, 11) is 0. The van der Waals surface area contributed by atoms with E-state index < -0.39 is 5.97 Å². The maximum absolute atomic E-state index is 11.5. The molecular formula is C18H21N3O4. The molecule has 0 radical (unpaired) electrons. The largest absolute Gasteiger partial charge is 0.493 e. The van der Waals surface area contributed by atoms with Gasteiger partial charge in [0.15, 0.2) is 0 Å². The molecule has 1 atom stereocenters. The van der Waals surface area contributed by atoms with E-state index in [-0.39, 0.29) is 5.56 Å². The Morgan fingerprint density at radius 2 is 2.32 bits per heavy atom. The van der Waals surface area contributed by atoms with Crippen molar-refractivity contribution >= 4 is 11.9 Å². The molecule has 7 heteroatoms. The van der Waals surface area contributed by atoms with E-state index in [0.717, 1.165) is 26.2 Å². The number of aromatic carboxylic acids is 1. The van der Waals surface area contributed by atoms with Gasteiger partial charge in [0, 0.05) is 30.8 Å². The van der Waals surface area contributed by atoms with Gasteiger partial charge in [0.2, 0.25) is 5.95 Å². The predicted octanol–water partition coefficient (Wildman–Crippen LogP) is 2.69. The van der Waals surface area contributed by atoms with E-state index in [1.54, 1.807) is 30.5 Å². The molecule has 0 bridgehead atoms. The fourth-order valence-electron chi connectivity index (χ4n) is 2.72. The quantitative estimate of drug-likeness (QED) is 0.798. The summed E-state index contributed by atoms with van der Waals surface area (Å²) in [6.07, 6.45) is 2.69. The van der Waals surface area contributed by atoms with Gasteiger partial charge in [-0.15, -0.1) is 0 Å². The molecule has 3 rings (SSSR count). The van der Waals surface area contributed by atoms with E-state index >= 15 is 0 Å². The van der Waals surface area contributed by atoms with E-state index in [0.29, 0.717) is 35.5 Å². The zero-order valence-corrected chi connectivity index (χ0v) is 14.1. The van der Waals surface area contributed by atoms with Crippen molar-refractivity contribution in [2.75, 3.05) is 31.7 Å². The number of ether oxygens (including phenoxy) is 2. The first-order chi connectivity index (χ1) is 12.2. The van der Waals surface area contributed by atoms with Crippen molar-refractivity contribution < 1.29 is 19.4 Å². The molecule has 25 heavy (non-hydrogen) atoms. The summed E-state index contributed by atoms with van der Waals surface area (Å²) in [6, 6.07) is 6.79. The molecule has 7 nitrogen and oxygen atoms in total. The topological polar surface area (TPSA) is 93.6 Å². The molecule has 0 spiro atoms. The Hall–Kier alpha value is -2.67. The number of carboxylic acids is 1. The predicted molar refractivity (Wildman–Crippen MR) is 93.0 cm³/mol. The van der Waals surface area contributed by atoms with Crippen LogP contribution >= 0.6 is 0 Å². The minimum atomic E-state index is -1.03. The van der Waals surface area contributed by atoms with Gasteiger partial charge >= 0.3 is 5.97 Å². The summed E-state index contributed by atoms with van der Waals surface area (Å²) in [4.78, 5) is 20.2. The number of carbonyl (C=O) groups is 1. The zero-order chi connectivity index (χ0) is 17.6. The van der Waals surface area contributed by atoms with Crippen LogP contribution in [0.15, 0.2) is 30.5 Å². The first kappa shape index (κ1) is 17.2. The van der Waals surface area contributed by atoms with Crippen molar-refractivity contribution in [1.82, 2.24) is 9.97 Å². The highest BCUT2D eigenvalue weighted by atomic mass is 16.5. The van der Waals surface area contributed by atoms with E-state index in [9.17, 15) is 9.90 Å². The first-order valence-electron chi connectivity index (χ1n) is 8.32. The number of hydrogen-bond acceptors (Lipinski definition) is 6. The Bertz CT molecular complexity index is 745. The number of hydrogen-bond donors (Lipinski definition) is 2. The van der Waals surface area contributed by atoms with Crippen LogP contribution in [0.1, 0.15) is 23.7 Å². The lowest BCUT2D eigenvalue weighted by Gasteiger charge is -2.11. The number of rotatable bonds is 7. The summed E-state index contributed by atoms with van der Waals surface area (Å²) in [5.74, 6) is 0.317. The summed E-state index contributed by atoms with van der Waals surface area (Å²) < 4.78 is 10.7. The highest BCUT2D eigenvalue weighted by molar-refractivity contribution is 5.92. The van der Waals surface area contributed by atoms with Crippen LogP contribution in [0.5, 0.6) is 5.75 Å². The Labute approximate surface area is 146 Å². The molecule has 0 unspecified atom stereocenters. The SMILES string of the molecule is CCOc1ccc(-c2ccnc(NC[C@@H]3CCOC3)n2)cc1C(=O)O. The van der Waals surface area contributed by atoms with Crippen LogP contribution in [0.2, 0.25) is 0 Å². The van der Waals surface area contributed by atoms with Gasteiger partial charge in [0.25, 0.3) is 0 Å². The summed E-state index contributed by atoms with van der Waals surface area (Å²) in [6.45, 7) is 4.54. The lowest BCUT2D eigenvalue weighted by molar-refractivity contribution is 0.0692. The van der Waals surface area contributed by atoms with Crippen LogP contribution in [0, 0.1) is 5.92 Å². The van der Waals surface area contributed by atoms with E-state index in [2.05, 4.69) is 15.3 Å². The van der Waals surface area contributed by atoms with Crippen molar-refractivity contribution in [1.29, 1.82) is 0 Å². The van der Waals surface area contributed by atoms with Gasteiger partial charge in [0.1, 0.15) is 11.3 Å². The van der Waals surface area contributed by atoms with Gasteiger partial charge in [-0.05, 0) is 37.6 Å². The molecule has 0 aliphatic carbocycles. The molecule has 1 aliphatic rings. The van der Waals surface area contributed by atoms with Crippen molar-refractivity contribution in [3.8, 4) is 17.0 Å². The van der Waals surface area contributed by atoms with Gasteiger partial charge < -0.3 is 19.9 Å². The normalized spacial score (nSPS) is 16.6. The molecule has 132 valence electrons. The Morgan fingerprint density at radius 1 is 1.44 bits per heavy atom. The average Bonchev–Trinajstić information content (AvgIpc) is 3.14. The van der Waals surface area contributed by atoms with Crippen molar-refractivity contribution in [2.24, 2.45) is 5.92 Å². The monoisotopic (exact) mass is 343 g/mol. The number of aromatic nitrogens is 2. The highest BCUT2D eigenvalue weighted by Crippen LogP contribution is 2.26. The molecule has 1 fully saturated rings. The molecule has 2 heterocycles. The summed E-state index contributed by atoms with van der Waals surface area (Å²) in [5.41, 5.74) is 1.48. The molecule has 1 aliphatic heterocycles. The molecule has 1 aromatic heterocycles. The highest BCUT2D eigenvalue weighted by Gasteiger charge is 2.16. The van der Waals surface area contributed by atoms with Crippen LogP contribution in [0.4, 0.5) is 5.95 Å². The van der Waals surface area contributed by atoms with Gasteiger partial charge in [-0.3, -0.25) is 0 Å². The average molecular weight is 343 g/mol. The number of nitrogens with one attached hydrogen (secondary N) is 1. The third-order valence-electron chi connectivity index (χ3n) is 4.03. The maximum atomic E-state index is 11.5. The number of anilines is 1. The Balaban J connectivity index is 1.79. The number of carboxylic acid groups (broad SMARTS) is 1. The van der Waals surface area contributed by atoms with Crippen LogP contribution in [-0.2, 0) is 4.74 Å². The fraction of sp³-hybridized carbons (Fsp3) is 0.389. The standard InChI is InChI=1S/C18H21N3O4/c1-2-25-16-4-3-13(9-14(16)17(22)23)15-5-7-19-18(21-15)20-10-12-6-8-24-11-12/h3-5,7,9,12H,2,6,8,10-11H2,1H3,(H,22,23)(H,19,20,21)/t12-/m0/s1. The molecule has 2 aromatic rings. The molecule has 1 saturated heterocycles. The second-order valence-electron chi connectivity index (χ2n) is 5.83. The molecular weight excluding hydrogens is 322 g/mol. The fourth-order valence-corrected chi connectivity index (χ4v) is 2.72. The lowest BCUT2D eigenvalue weighted by atomic mass is 10.1. The first-order valence-corrected chi connectivity index (χ1v) is 8.32.